The highest BCUT2D eigenvalue weighted by molar-refractivity contribution is 5.98. The van der Waals surface area contributed by atoms with Crippen molar-refractivity contribution in [1.29, 1.82) is 0 Å². The number of carbonyl (C=O) groups is 1. The van der Waals surface area contributed by atoms with Crippen molar-refractivity contribution in [3.63, 3.8) is 0 Å². The van der Waals surface area contributed by atoms with Crippen LogP contribution in [0, 0.1) is 0 Å². The summed E-state index contributed by atoms with van der Waals surface area (Å²) in [6.45, 7) is 2.53. The molecule has 2 aromatic carbocycles. The average Bonchev–Trinajstić information content (AvgIpc) is 3.64. The van der Waals surface area contributed by atoms with Gasteiger partial charge in [0.25, 0.3) is 5.91 Å². The number of rotatable bonds is 4. The maximum atomic E-state index is 13.3. The number of ether oxygens (including phenoxy) is 3. The van der Waals surface area contributed by atoms with Crippen LogP contribution in [0.25, 0.3) is 5.69 Å². The minimum atomic E-state index is -0.293. The molecule has 1 saturated heterocycles. The van der Waals surface area contributed by atoms with Gasteiger partial charge in [-0.15, -0.1) is 5.10 Å². The van der Waals surface area contributed by atoms with Gasteiger partial charge in [0.1, 0.15) is 6.04 Å². The molecule has 1 fully saturated rings. The van der Waals surface area contributed by atoms with E-state index < -0.39 is 0 Å². The second kappa shape index (κ2) is 8.28. The number of para-hydroxylation sites is 1. The van der Waals surface area contributed by atoms with Crippen molar-refractivity contribution in [3.8, 4) is 22.9 Å². The molecule has 1 unspecified atom stereocenters. The van der Waals surface area contributed by atoms with Gasteiger partial charge >= 0.3 is 0 Å². The maximum Gasteiger partial charge on any atom is 0.256 e. The Hall–Kier alpha value is -3.66. The first-order valence-corrected chi connectivity index (χ1v) is 11.5. The van der Waals surface area contributed by atoms with Gasteiger partial charge in [-0.25, -0.2) is 0 Å². The van der Waals surface area contributed by atoms with Gasteiger partial charge in [-0.3, -0.25) is 9.69 Å². The first kappa shape index (κ1) is 20.9. The average molecular weight is 463 g/mol. The Balaban J connectivity index is 1.49. The van der Waals surface area contributed by atoms with E-state index in [0.29, 0.717) is 34.3 Å². The first-order valence-electron chi connectivity index (χ1n) is 11.5. The van der Waals surface area contributed by atoms with E-state index in [0.717, 1.165) is 50.0 Å². The van der Waals surface area contributed by atoms with Gasteiger partial charge in [0.2, 0.25) is 12.5 Å². The summed E-state index contributed by atoms with van der Waals surface area (Å²) in [5, 5.41) is 12.8. The molecule has 4 heterocycles. The largest absolute Gasteiger partial charge is 0.492 e. The van der Waals surface area contributed by atoms with E-state index in [1.165, 1.54) is 0 Å². The Labute approximate surface area is 197 Å². The highest BCUT2D eigenvalue weighted by atomic mass is 16.7. The third kappa shape index (κ3) is 3.20. The molecule has 0 N–H and O–H groups in total. The van der Waals surface area contributed by atoms with E-state index in [4.69, 9.17) is 14.2 Å². The molecule has 3 aromatic rings. The zero-order chi connectivity index (χ0) is 23.2. The quantitative estimate of drug-likeness (QED) is 0.583. The van der Waals surface area contributed by atoms with Crippen LogP contribution >= 0.6 is 0 Å². The molecular weight excluding hydrogens is 436 g/mol. The van der Waals surface area contributed by atoms with Crippen LogP contribution in [0.5, 0.6) is 17.2 Å². The van der Waals surface area contributed by atoms with E-state index in [1.54, 1.807) is 11.8 Å². The molecule has 6 rings (SSSR count). The topological polar surface area (TPSA) is 94.8 Å². The number of likely N-dealkylation sites (tertiary alicyclic amines) is 1. The Morgan fingerprint density at radius 3 is 2.79 bits per heavy atom. The van der Waals surface area contributed by atoms with Crippen LogP contribution in [0.4, 0.5) is 0 Å². The number of benzene rings is 2. The number of likely N-dealkylation sites (N-methyl/N-ethyl adjacent to an activating group) is 1. The van der Waals surface area contributed by atoms with Gasteiger partial charge in [0, 0.05) is 25.2 Å². The predicted molar refractivity (Wildman–Crippen MR) is 122 cm³/mol. The number of fused-ring (bicyclic) bond motifs is 2. The minimum Gasteiger partial charge on any atom is -0.492 e. The van der Waals surface area contributed by atoms with Gasteiger partial charge in [0.15, 0.2) is 17.3 Å². The van der Waals surface area contributed by atoms with Crippen LogP contribution < -0.4 is 14.2 Å². The normalized spacial score (nSPS) is 19.4. The zero-order valence-corrected chi connectivity index (χ0v) is 19.2. The molecule has 0 aliphatic carbocycles. The molecule has 10 nitrogen and oxygen atoms in total. The molecular formula is C24H26N6O4. The number of nitrogens with zero attached hydrogens (tertiary/aromatic N) is 6. The number of tetrazole rings is 1. The number of hydrogen-bond acceptors (Lipinski definition) is 8. The van der Waals surface area contributed by atoms with Gasteiger partial charge in [-0.1, -0.05) is 12.1 Å². The molecule has 0 spiro atoms. The molecule has 0 saturated carbocycles. The maximum absolute atomic E-state index is 13.3. The van der Waals surface area contributed by atoms with Crippen molar-refractivity contribution >= 4 is 5.91 Å². The lowest BCUT2D eigenvalue weighted by atomic mass is 9.90. The van der Waals surface area contributed by atoms with Gasteiger partial charge in [0.05, 0.1) is 18.4 Å². The monoisotopic (exact) mass is 462 g/mol. The number of amides is 1. The Morgan fingerprint density at radius 1 is 1.15 bits per heavy atom. The van der Waals surface area contributed by atoms with Crippen molar-refractivity contribution in [2.75, 3.05) is 40.6 Å². The Bertz CT molecular complexity index is 1250. The Morgan fingerprint density at radius 2 is 1.97 bits per heavy atom. The van der Waals surface area contributed by atoms with Crippen LogP contribution in [-0.2, 0) is 6.42 Å². The fourth-order valence-corrected chi connectivity index (χ4v) is 5.22. The smallest absolute Gasteiger partial charge is 0.256 e. The Kier molecular flexibility index (Phi) is 5.09. The SMILES string of the molecule is COc1c2c(cc3c1C(c1nnnn1-c1ccccc1C(=O)N1CCCC1)N(C)CC3)OCO2. The highest BCUT2D eigenvalue weighted by Gasteiger charge is 2.38. The molecule has 34 heavy (non-hydrogen) atoms. The lowest BCUT2D eigenvalue weighted by molar-refractivity contribution is 0.0792. The third-order valence-corrected chi connectivity index (χ3v) is 6.89. The van der Waals surface area contributed by atoms with Gasteiger partial charge < -0.3 is 19.1 Å². The standard InChI is InChI=1S/C24H26N6O4/c1-28-12-9-15-13-18-21(34-14-33-18)22(32-2)19(15)20(28)23-25-26-27-30(23)17-8-4-3-7-16(17)24(31)29-10-5-6-11-29/h3-4,7-8,13,20H,5-6,9-12,14H2,1-2H3. The predicted octanol–water partition coefficient (Wildman–Crippen LogP) is 2.21. The molecule has 176 valence electrons. The van der Waals surface area contributed by atoms with Crippen molar-refractivity contribution < 1.29 is 19.0 Å². The molecule has 10 heteroatoms. The summed E-state index contributed by atoms with van der Waals surface area (Å²) in [7, 11) is 3.67. The molecule has 3 aliphatic heterocycles. The van der Waals surface area contributed by atoms with Crippen LogP contribution in [-0.4, -0.2) is 76.5 Å². The lowest BCUT2D eigenvalue weighted by Crippen LogP contribution is -2.35. The molecule has 1 atom stereocenters. The van der Waals surface area contributed by atoms with Crippen molar-refractivity contribution in [3.05, 3.63) is 52.8 Å². The van der Waals surface area contributed by atoms with E-state index in [1.807, 2.05) is 42.3 Å². The van der Waals surface area contributed by atoms with E-state index in [-0.39, 0.29) is 18.7 Å². The van der Waals surface area contributed by atoms with Crippen molar-refractivity contribution in [2.24, 2.45) is 0 Å². The van der Waals surface area contributed by atoms with Crippen LogP contribution in [0.15, 0.2) is 30.3 Å². The second-order valence-corrected chi connectivity index (χ2v) is 8.81. The second-order valence-electron chi connectivity index (χ2n) is 8.81. The van der Waals surface area contributed by atoms with Crippen molar-refractivity contribution in [2.45, 2.75) is 25.3 Å². The summed E-state index contributed by atoms with van der Waals surface area (Å²) in [5.74, 6) is 2.55. The number of methoxy groups -OCH3 is 1. The molecule has 3 aliphatic rings. The lowest BCUT2D eigenvalue weighted by Gasteiger charge is -2.35. The zero-order valence-electron chi connectivity index (χ0n) is 19.2. The molecule has 1 amide bonds. The highest BCUT2D eigenvalue weighted by Crippen LogP contribution is 2.50. The first-order chi connectivity index (χ1) is 16.7. The fraction of sp³-hybridized carbons (Fsp3) is 0.417. The van der Waals surface area contributed by atoms with E-state index >= 15 is 0 Å². The molecule has 0 bridgehead atoms. The summed E-state index contributed by atoms with van der Waals surface area (Å²) >= 11 is 0. The van der Waals surface area contributed by atoms with E-state index in [9.17, 15) is 4.79 Å². The minimum absolute atomic E-state index is 0.00731. The summed E-state index contributed by atoms with van der Waals surface area (Å²) in [4.78, 5) is 17.4. The van der Waals surface area contributed by atoms with Gasteiger partial charge in [-0.2, -0.15) is 4.68 Å². The summed E-state index contributed by atoms with van der Waals surface area (Å²) < 4.78 is 18.9. The summed E-state index contributed by atoms with van der Waals surface area (Å²) in [5.41, 5.74) is 3.33. The fourth-order valence-electron chi connectivity index (χ4n) is 5.22. The summed E-state index contributed by atoms with van der Waals surface area (Å²) in [6, 6.07) is 9.25. The summed E-state index contributed by atoms with van der Waals surface area (Å²) in [6.07, 6.45) is 2.90. The van der Waals surface area contributed by atoms with Crippen LogP contribution in [0.3, 0.4) is 0 Å². The van der Waals surface area contributed by atoms with Crippen LogP contribution in [0.2, 0.25) is 0 Å². The van der Waals surface area contributed by atoms with Gasteiger partial charge in [-0.05, 0) is 60.5 Å². The number of hydrogen-bond donors (Lipinski definition) is 0. The van der Waals surface area contributed by atoms with Crippen LogP contribution in [0.1, 0.15) is 46.2 Å². The van der Waals surface area contributed by atoms with E-state index in [2.05, 4.69) is 20.4 Å². The number of aromatic nitrogens is 4. The molecule has 0 radical (unpaired) electrons. The van der Waals surface area contributed by atoms with Crippen molar-refractivity contribution in [1.82, 2.24) is 30.0 Å². The number of carbonyl (C=O) groups excluding carboxylic acids is 1. The third-order valence-electron chi connectivity index (χ3n) is 6.89. The molecule has 1 aromatic heterocycles.